The Hall–Kier alpha value is -4.54. The van der Waals surface area contributed by atoms with Gasteiger partial charge in [-0.3, -0.25) is 19.4 Å². The molecule has 0 bridgehead atoms. The highest BCUT2D eigenvalue weighted by Crippen LogP contribution is 2.38. The lowest BCUT2D eigenvalue weighted by Crippen LogP contribution is -2.22. The van der Waals surface area contributed by atoms with Crippen LogP contribution < -0.4 is 20.7 Å². The molecule has 0 aliphatic heterocycles. The second-order valence-electron chi connectivity index (χ2n) is 8.35. The van der Waals surface area contributed by atoms with E-state index in [1.807, 2.05) is 5.32 Å². The molecular formula is C25H27N7O4. The molecule has 0 unspecified atom stereocenters. The molecule has 1 fully saturated rings. The first-order valence-corrected chi connectivity index (χ1v) is 11.1. The number of carbonyl (C=O) groups is 3. The quantitative estimate of drug-likeness (QED) is 0.436. The molecule has 0 saturated heterocycles. The molecule has 4 rings (SSSR count). The Morgan fingerprint density at radius 2 is 1.92 bits per heavy atom. The van der Waals surface area contributed by atoms with Gasteiger partial charge < -0.3 is 25.6 Å². The Kier molecular flexibility index (Phi) is 6.00. The maximum Gasteiger partial charge on any atom is 0.273 e. The van der Waals surface area contributed by atoms with Gasteiger partial charge >= 0.3 is 0 Å². The van der Waals surface area contributed by atoms with E-state index in [2.05, 4.69) is 25.8 Å². The molecule has 0 radical (unpaired) electrons. The molecular weight excluding hydrogens is 462 g/mol. The van der Waals surface area contributed by atoms with Crippen molar-refractivity contribution in [2.75, 3.05) is 38.8 Å². The molecule has 11 heteroatoms. The van der Waals surface area contributed by atoms with Crippen molar-refractivity contribution >= 4 is 34.9 Å². The molecule has 1 aromatic carbocycles. The first kappa shape index (κ1) is 20.8. The molecule has 1 aliphatic rings. The summed E-state index contributed by atoms with van der Waals surface area (Å²) in [6.45, 7) is -2.75. The Morgan fingerprint density at radius 1 is 1.11 bits per heavy atom. The van der Waals surface area contributed by atoms with Gasteiger partial charge in [0, 0.05) is 48.9 Å². The van der Waals surface area contributed by atoms with Gasteiger partial charge in [0.2, 0.25) is 5.91 Å². The summed E-state index contributed by atoms with van der Waals surface area (Å²) in [5.74, 6) is -1.02. The number of hydrogen-bond acceptors (Lipinski definition) is 8. The SMILES string of the molecule is [2H]C([2H])([2H])NC(=O)c1nnc(NC(=O)C2CC2)cc1Nc1cccc(-c2ccc(C(=O)N(C)C)cn2)c1OC. The van der Waals surface area contributed by atoms with Gasteiger partial charge in [0.1, 0.15) is 0 Å². The molecule has 2 aromatic heterocycles. The number of nitrogens with zero attached hydrogens (tertiary/aromatic N) is 4. The van der Waals surface area contributed by atoms with Crippen molar-refractivity contribution in [1.29, 1.82) is 0 Å². The second-order valence-corrected chi connectivity index (χ2v) is 8.35. The van der Waals surface area contributed by atoms with Crippen molar-refractivity contribution < 1.29 is 23.2 Å². The average Bonchev–Trinajstić information content (AvgIpc) is 3.73. The molecule has 3 amide bonds. The van der Waals surface area contributed by atoms with Gasteiger partial charge in [-0.1, -0.05) is 6.07 Å². The highest BCUT2D eigenvalue weighted by atomic mass is 16.5. The van der Waals surface area contributed by atoms with E-state index in [4.69, 9.17) is 8.85 Å². The van der Waals surface area contributed by atoms with Gasteiger partial charge in [-0.25, -0.2) is 0 Å². The van der Waals surface area contributed by atoms with Gasteiger partial charge in [0.15, 0.2) is 17.3 Å². The van der Waals surface area contributed by atoms with E-state index in [0.717, 1.165) is 12.8 Å². The summed E-state index contributed by atoms with van der Waals surface area (Å²) in [5.41, 5.74) is 1.73. The molecule has 11 nitrogen and oxygen atoms in total. The number of carbonyl (C=O) groups excluding carboxylic acids is 3. The van der Waals surface area contributed by atoms with E-state index < -0.39 is 12.9 Å². The van der Waals surface area contributed by atoms with Crippen LogP contribution >= 0.6 is 0 Å². The van der Waals surface area contributed by atoms with E-state index in [9.17, 15) is 14.4 Å². The molecule has 0 spiro atoms. The van der Waals surface area contributed by atoms with Gasteiger partial charge in [0.05, 0.1) is 29.7 Å². The van der Waals surface area contributed by atoms with Gasteiger partial charge in [-0.05, 0) is 37.1 Å². The number of hydrogen-bond donors (Lipinski definition) is 3. The standard InChI is InChI=1S/C25H27N7O4/c1-26-24(34)21-19(12-20(30-31-21)29-23(33)14-8-9-14)28-18-7-5-6-16(22(18)36-4)17-11-10-15(13-27-17)25(35)32(2)3/h5-7,10-14H,8-9H2,1-4H3,(H,26,34)(H2,28,29,30,33)/i1D3. The van der Waals surface area contributed by atoms with Crippen LogP contribution in [-0.2, 0) is 4.79 Å². The van der Waals surface area contributed by atoms with Crippen LogP contribution in [-0.4, -0.2) is 66.0 Å². The summed E-state index contributed by atoms with van der Waals surface area (Å²) in [5, 5.41) is 15.4. The number of rotatable bonds is 8. The number of benzene rings is 1. The monoisotopic (exact) mass is 492 g/mol. The zero-order valence-electron chi connectivity index (χ0n) is 23.0. The first-order chi connectivity index (χ1) is 18.5. The van der Waals surface area contributed by atoms with Crippen LogP contribution in [0.4, 0.5) is 17.2 Å². The van der Waals surface area contributed by atoms with Crippen molar-refractivity contribution in [3.63, 3.8) is 0 Å². The Morgan fingerprint density at radius 3 is 2.56 bits per heavy atom. The topological polar surface area (TPSA) is 138 Å². The number of nitrogens with one attached hydrogen (secondary N) is 3. The molecule has 3 N–H and O–H groups in total. The van der Waals surface area contributed by atoms with E-state index >= 15 is 0 Å². The smallest absolute Gasteiger partial charge is 0.273 e. The van der Waals surface area contributed by atoms with Crippen LogP contribution in [0.5, 0.6) is 5.75 Å². The normalized spacial score (nSPS) is 14.0. The highest BCUT2D eigenvalue weighted by Gasteiger charge is 2.30. The lowest BCUT2D eigenvalue weighted by molar-refractivity contribution is -0.117. The number of amides is 3. The largest absolute Gasteiger partial charge is 0.494 e. The minimum Gasteiger partial charge on any atom is -0.494 e. The van der Waals surface area contributed by atoms with Crippen LogP contribution in [0, 0.1) is 5.92 Å². The van der Waals surface area contributed by atoms with Crippen molar-refractivity contribution in [3.8, 4) is 17.0 Å². The highest BCUT2D eigenvalue weighted by molar-refractivity contribution is 6.00. The number of para-hydroxylation sites is 1. The third-order valence-electron chi connectivity index (χ3n) is 5.50. The van der Waals surface area contributed by atoms with E-state index in [1.165, 1.54) is 24.3 Å². The summed E-state index contributed by atoms with van der Waals surface area (Å²) in [7, 11) is 4.76. The zero-order chi connectivity index (χ0) is 28.3. The lowest BCUT2D eigenvalue weighted by atomic mass is 10.1. The van der Waals surface area contributed by atoms with Crippen LogP contribution in [0.1, 0.15) is 37.8 Å². The van der Waals surface area contributed by atoms with E-state index in [-0.39, 0.29) is 34.9 Å². The summed E-state index contributed by atoms with van der Waals surface area (Å²) in [6.07, 6.45) is 3.04. The minimum atomic E-state index is -2.75. The third kappa shape index (κ3) is 5.24. The number of methoxy groups -OCH3 is 1. The Labute approximate surface area is 212 Å². The minimum absolute atomic E-state index is 0.0909. The van der Waals surface area contributed by atoms with Crippen LogP contribution in [0.25, 0.3) is 11.3 Å². The summed E-state index contributed by atoms with van der Waals surface area (Å²) in [6, 6.07) is 9.92. The fourth-order valence-corrected chi connectivity index (χ4v) is 3.49. The molecule has 2 heterocycles. The maximum absolute atomic E-state index is 12.7. The molecule has 36 heavy (non-hydrogen) atoms. The predicted molar refractivity (Wildman–Crippen MR) is 134 cm³/mol. The summed E-state index contributed by atoms with van der Waals surface area (Å²) < 4.78 is 27.8. The van der Waals surface area contributed by atoms with Crippen molar-refractivity contribution in [2.24, 2.45) is 5.92 Å². The molecule has 0 atom stereocenters. The fourth-order valence-electron chi connectivity index (χ4n) is 3.49. The molecule has 1 saturated carbocycles. The molecule has 3 aromatic rings. The van der Waals surface area contributed by atoms with E-state index in [0.29, 0.717) is 28.3 Å². The van der Waals surface area contributed by atoms with Crippen molar-refractivity contribution in [2.45, 2.75) is 12.8 Å². The lowest BCUT2D eigenvalue weighted by Gasteiger charge is -2.17. The van der Waals surface area contributed by atoms with E-state index in [1.54, 1.807) is 44.4 Å². The number of pyridine rings is 1. The van der Waals surface area contributed by atoms with Crippen LogP contribution in [0.15, 0.2) is 42.6 Å². The predicted octanol–water partition coefficient (Wildman–Crippen LogP) is 2.70. The average molecular weight is 493 g/mol. The second kappa shape index (κ2) is 10.4. The van der Waals surface area contributed by atoms with Crippen LogP contribution in [0.3, 0.4) is 0 Å². The zero-order valence-corrected chi connectivity index (χ0v) is 20.0. The summed E-state index contributed by atoms with van der Waals surface area (Å²) >= 11 is 0. The van der Waals surface area contributed by atoms with Crippen LogP contribution in [0.2, 0.25) is 0 Å². The molecule has 1 aliphatic carbocycles. The number of anilines is 3. The van der Waals surface area contributed by atoms with Crippen molar-refractivity contribution in [1.82, 2.24) is 25.4 Å². The number of ether oxygens (including phenoxy) is 1. The van der Waals surface area contributed by atoms with Crippen molar-refractivity contribution in [3.05, 3.63) is 53.9 Å². The number of aromatic nitrogens is 3. The van der Waals surface area contributed by atoms with Gasteiger partial charge in [-0.15, -0.1) is 10.2 Å². The Balaban J connectivity index is 1.70. The van der Waals surface area contributed by atoms with Gasteiger partial charge in [-0.2, -0.15) is 0 Å². The molecule has 186 valence electrons. The third-order valence-corrected chi connectivity index (χ3v) is 5.50. The summed E-state index contributed by atoms with van der Waals surface area (Å²) in [4.78, 5) is 43.1. The van der Waals surface area contributed by atoms with Gasteiger partial charge in [0.25, 0.3) is 11.8 Å². The fraction of sp³-hybridized carbons (Fsp3) is 0.280. The maximum atomic E-state index is 12.7. The first-order valence-electron chi connectivity index (χ1n) is 12.6. The Bertz CT molecular complexity index is 1410.